The minimum Gasteiger partial charge on any atom is -0.487 e. The van der Waals surface area contributed by atoms with Crippen LogP contribution in [-0.2, 0) is 11.9 Å². The van der Waals surface area contributed by atoms with E-state index in [0.717, 1.165) is 5.56 Å². The molecular weight excluding hydrogens is 345 g/mol. The van der Waals surface area contributed by atoms with Crippen molar-refractivity contribution in [2.24, 2.45) is 0 Å². The number of alkyl halides is 1. The standard InChI is InChI=1S/C15H10BrClFNO/c16-7-10-4-5-14(13(17)6-10)20-9-12-3-1-2-11(8-19)15(12)18/h1-6H,7,9H2. The van der Waals surface area contributed by atoms with E-state index in [0.29, 0.717) is 21.7 Å². The summed E-state index contributed by atoms with van der Waals surface area (Å²) < 4.78 is 19.4. The highest BCUT2D eigenvalue weighted by molar-refractivity contribution is 9.08. The van der Waals surface area contributed by atoms with Crippen LogP contribution in [0.2, 0.25) is 5.02 Å². The molecule has 0 aromatic heterocycles. The smallest absolute Gasteiger partial charge is 0.147 e. The highest BCUT2D eigenvalue weighted by atomic mass is 79.9. The van der Waals surface area contributed by atoms with Crippen molar-refractivity contribution in [2.45, 2.75) is 11.9 Å². The lowest BCUT2D eigenvalue weighted by atomic mass is 10.1. The third kappa shape index (κ3) is 3.30. The molecule has 20 heavy (non-hydrogen) atoms. The van der Waals surface area contributed by atoms with Gasteiger partial charge in [0.25, 0.3) is 0 Å². The van der Waals surface area contributed by atoms with Gasteiger partial charge in [-0.3, -0.25) is 0 Å². The van der Waals surface area contributed by atoms with Crippen molar-refractivity contribution < 1.29 is 9.13 Å². The van der Waals surface area contributed by atoms with E-state index in [2.05, 4.69) is 15.9 Å². The first-order valence-electron chi connectivity index (χ1n) is 5.80. The van der Waals surface area contributed by atoms with Crippen LogP contribution in [0.25, 0.3) is 0 Å². The first-order chi connectivity index (χ1) is 9.65. The lowest BCUT2D eigenvalue weighted by molar-refractivity contribution is 0.300. The maximum atomic E-state index is 13.9. The highest BCUT2D eigenvalue weighted by Gasteiger charge is 2.09. The molecule has 2 rings (SSSR count). The van der Waals surface area contributed by atoms with E-state index in [1.165, 1.54) is 6.07 Å². The molecule has 0 aliphatic rings. The van der Waals surface area contributed by atoms with Gasteiger partial charge in [0, 0.05) is 10.9 Å². The van der Waals surface area contributed by atoms with Gasteiger partial charge in [0.15, 0.2) is 0 Å². The SMILES string of the molecule is N#Cc1cccc(COc2ccc(CBr)cc2Cl)c1F. The van der Waals surface area contributed by atoms with Gasteiger partial charge < -0.3 is 4.74 Å². The van der Waals surface area contributed by atoms with Gasteiger partial charge >= 0.3 is 0 Å². The van der Waals surface area contributed by atoms with Crippen LogP contribution >= 0.6 is 27.5 Å². The monoisotopic (exact) mass is 353 g/mol. The Kier molecular flexibility index (Phi) is 4.99. The van der Waals surface area contributed by atoms with Crippen molar-refractivity contribution >= 4 is 27.5 Å². The first-order valence-corrected chi connectivity index (χ1v) is 7.30. The number of hydrogen-bond acceptors (Lipinski definition) is 2. The number of nitriles is 1. The molecule has 102 valence electrons. The zero-order valence-corrected chi connectivity index (χ0v) is 12.7. The molecular formula is C15H10BrClFNO. The first kappa shape index (κ1) is 14.8. The van der Waals surface area contributed by atoms with E-state index in [9.17, 15) is 4.39 Å². The van der Waals surface area contributed by atoms with Crippen molar-refractivity contribution in [1.82, 2.24) is 0 Å². The quantitative estimate of drug-likeness (QED) is 0.737. The van der Waals surface area contributed by atoms with Crippen LogP contribution in [0.15, 0.2) is 36.4 Å². The second-order valence-electron chi connectivity index (χ2n) is 4.08. The molecule has 0 amide bonds. The van der Waals surface area contributed by atoms with Crippen LogP contribution in [0.1, 0.15) is 16.7 Å². The predicted octanol–water partition coefficient (Wildman–Crippen LogP) is 4.82. The van der Waals surface area contributed by atoms with Gasteiger partial charge in [0.2, 0.25) is 0 Å². The van der Waals surface area contributed by atoms with Crippen molar-refractivity contribution in [2.75, 3.05) is 0 Å². The summed E-state index contributed by atoms with van der Waals surface area (Å²) in [6.45, 7) is 0.0226. The van der Waals surface area contributed by atoms with Gasteiger partial charge in [-0.1, -0.05) is 45.7 Å². The Morgan fingerprint density at radius 3 is 2.75 bits per heavy atom. The third-order valence-electron chi connectivity index (χ3n) is 2.73. The lowest BCUT2D eigenvalue weighted by Crippen LogP contribution is -2.00. The summed E-state index contributed by atoms with van der Waals surface area (Å²) in [4.78, 5) is 0. The number of nitrogens with zero attached hydrogens (tertiary/aromatic N) is 1. The van der Waals surface area contributed by atoms with E-state index in [-0.39, 0.29) is 12.2 Å². The molecule has 0 spiro atoms. The van der Waals surface area contributed by atoms with Crippen molar-refractivity contribution in [3.05, 3.63) is 63.9 Å². The zero-order chi connectivity index (χ0) is 14.5. The van der Waals surface area contributed by atoms with E-state index >= 15 is 0 Å². The second-order valence-corrected chi connectivity index (χ2v) is 5.05. The fraction of sp³-hybridized carbons (Fsp3) is 0.133. The van der Waals surface area contributed by atoms with Gasteiger partial charge in [-0.25, -0.2) is 4.39 Å². The fourth-order valence-electron chi connectivity index (χ4n) is 1.68. The van der Waals surface area contributed by atoms with Gasteiger partial charge in [0.05, 0.1) is 10.6 Å². The van der Waals surface area contributed by atoms with Crippen LogP contribution in [0.5, 0.6) is 5.75 Å². The zero-order valence-electron chi connectivity index (χ0n) is 10.4. The Morgan fingerprint density at radius 1 is 1.30 bits per heavy atom. The minimum absolute atomic E-state index is 0.00633. The average molecular weight is 355 g/mol. The summed E-state index contributed by atoms with van der Waals surface area (Å²) in [6.07, 6.45) is 0. The van der Waals surface area contributed by atoms with Crippen molar-refractivity contribution in [3.8, 4) is 11.8 Å². The molecule has 0 bridgehead atoms. The van der Waals surface area contributed by atoms with E-state index in [1.807, 2.05) is 6.07 Å². The van der Waals surface area contributed by atoms with Crippen LogP contribution < -0.4 is 4.74 Å². The fourth-order valence-corrected chi connectivity index (χ4v) is 2.28. The molecule has 0 saturated carbocycles. The maximum Gasteiger partial charge on any atom is 0.147 e. The summed E-state index contributed by atoms with van der Waals surface area (Å²) in [5.41, 5.74) is 1.36. The van der Waals surface area contributed by atoms with Gasteiger partial charge in [-0.15, -0.1) is 0 Å². The Balaban J connectivity index is 2.15. The molecule has 0 aliphatic carbocycles. The third-order valence-corrected chi connectivity index (χ3v) is 3.68. The maximum absolute atomic E-state index is 13.9. The molecule has 2 nitrogen and oxygen atoms in total. The summed E-state index contributed by atoms with van der Waals surface area (Å²) in [7, 11) is 0. The van der Waals surface area contributed by atoms with Crippen molar-refractivity contribution in [3.63, 3.8) is 0 Å². The van der Waals surface area contributed by atoms with Crippen LogP contribution in [0.4, 0.5) is 4.39 Å². The Morgan fingerprint density at radius 2 is 2.10 bits per heavy atom. The van der Waals surface area contributed by atoms with Gasteiger partial charge in [-0.2, -0.15) is 5.26 Å². The second kappa shape index (κ2) is 6.74. The molecule has 0 radical (unpaired) electrons. The Bertz CT molecular complexity index is 669. The topological polar surface area (TPSA) is 33.0 Å². The molecule has 0 atom stereocenters. The molecule has 2 aromatic carbocycles. The van der Waals surface area contributed by atoms with Gasteiger partial charge in [0.1, 0.15) is 24.2 Å². The molecule has 0 N–H and O–H groups in total. The van der Waals surface area contributed by atoms with E-state index < -0.39 is 5.82 Å². The summed E-state index contributed by atoms with van der Waals surface area (Å²) in [5, 5.41) is 9.94. The minimum atomic E-state index is -0.553. The predicted molar refractivity (Wildman–Crippen MR) is 79.5 cm³/mol. The van der Waals surface area contributed by atoms with E-state index in [4.69, 9.17) is 21.6 Å². The largest absolute Gasteiger partial charge is 0.487 e. The number of rotatable bonds is 4. The Labute approximate surface area is 129 Å². The summed E-state index contributed by atoms with van der Waals surface area (Å²) >= 11 is 9.42. The van der Waals surface area contributed by atoms with Crippen molar-refractivity contribution in [1.29, 1.82) is 5.26 Å². The average Bonchev–Trinajstić information content (AvgIpc) is 2.47. The molecule has 2 aromatic rings. The normalized spacial score (nSPS) is 10.1. The summed E-state index contributed by atoms with van der Waals surface area (Å²) in [5.74, 6) is -0.0682. The number of ether oxygens (including phenoxy) is 1. The molecule has 0 aliphatic heterocycles. The molecule has 0 saturated heterocycles. The summed E-state index contributed by atoms with van der Waals surface area (Å²) in [6, 6.07) is 11.8. The van der Waals surface area contributed by atoms with E-state index in [1.54, 1.807) is 30.3 Å². The lowest BCUT2D eigenvalue weighted by Gasteiger charge is -2.10. The number of hydrogen-bond donors (Lipinski definition) is 0. The van der Waals surface area contributed by atoms with Gasteiger partial charge in [-0.05, 0) is 23.8 Å². The van der Waals surface area contributed by atoms with Crippen LogP contribution in [0, 0.1) is 17.1 Å². The van der Waals surface area contributed by atoms with Crippen LogP contribution in [-0.4, -0.2) is 0 Å². The van der Waals surface area contributed by atoms with Crippen LogP contribution in [0.3, 0.4) is 0 Å². The molecule has 0 fully saturated rings. The highest BCUT2D eigenvalue weighted by Crippen LogP contribution is 2.27. The molecule has 0 unspecified atom stereocenters. The number of benzene rings is 2. The molecule has 5 heteroatoms. The Hall–Kier alpha value is -1.57. The number of halogens is 3. The molecule has 0 heterocycles.